The average molecular weight is 430 g/mol. The van der Waals surface area contributed by atoms with E-state index in [2.05, 4.69) is 32.1 Å². The number of hydrogen-bond acceptors (Lipinski definition) is 8. The van der Waals surface area contributed by atoms with Gasteiger partial charge in [-0.3, -0.25) is 4.79 Å². The van der Waals surface area contributed by atoms with Gasteiger partial charge in [0.25, 0.3) is 0 Å². The number of ether oxygens (including phenoxy) is 2. The quantitative estimate of drug-likeness (QED) is 0.720. The minimum absolute atomic E-state index is 0.0900. The molecule has 1 aromatic heterocycles. The summed E-state index contributed by atoms with van der Waals surface area (Å²) >= 11 is 1.46. The molecule has 2 fully saturated rings. The van der Waals surface area contributed by atoms with Gasteiger partial charge in [0.2, 0.25) is 23.6 Å². The Balaban J connectivity index is 1.56. The number of methoxy groups -OCH3 is 2. The van der Waals surface area contributed by atoms with Crippen LogP contribution in [0.2, 0.25) is 0 Å². The van der Waals surface area contributed by atoms with Gasteiger partial charge in [0.1, 0.15) is 4.90 Å². The van der Waals surface area contributed by atoms with Crippen molar-refractivity contribution < 1.29 is 14.3 Å². The van der Waals surface area contributed by atoms with Gasteiger partial charge >= 0.3 is 0 Å². The van der Waals surface area contributed by atoms with E-state index in [0.29, 0.717) is 22.6 Å². The van der Waals surface area contributed by atoms with Crippen LogP contribution in [-0.4, -0.2) is 68.2 Å². The SMILES string of the molecule is COc1nc(N2CCN(C)CC2)nc(OC)c1Sc1cccc(NC(=O)C2CC2)c1. The summed E-state index contributed by atoms with van der Waals surface area (Å²) in [6.45, 7) is 3.64. The van der Waals surface area contributed by atoms with Gasteiger partial charge in [0.15, 0.2) is 0 Å². The normalized spacial score (nSPS) is 17.0. The molecule has 1 aliphatic heterocycles. The second-order valence-electron chi connectivity index (χ2n) is 7.56. The maximum Gasteiger partial charge on any atom is 0.236 e. The number of carbonyl (C=O) groups excluding carboxylic acids is 1. The van der Waals surface area contributed by atoms with Gasteiger partial charge in [-0.05, 0) is 38.1 Å². The summed E-state index contributed by atoms with van der Waals surface area (Å²) in [5, 5.41) is 2.99. The van der Waals surface area contributed by atoms with Crippen LogP contribution in [-0.2, 0) is 4.79 Å². The van der Waals surface area contributed by atoms with E-state index in [1.807, 2.05) is 24.3 Å². The molecule has 0 unspecified atom stereocenters. The summed E-state index contributed by atoms with van der Waals surface area (Å²) in [6, 6.07) is 7.73. The lowest BCUT2D eigenvalue weighted by Gasteiger charge is -2.32. The lowest BCUT2D eigenvalue weighted by molar-refractivity contribution is -0.117. The molecule has 2 aliphatic rings. The Morgan fingerprint density at radius 3 is 2.37 bits per heavy atom. The zero-order valence-electron chi connectivity index (χ0n) is 17.6. The van der Waals surface area contributed by atoms with Crippen molar-refractivity contribution in [1.82, 2.24) is 14.9 Å². The maximum absolute atomic E-state index is 12.1. The number of likely N-dealkylation sites (N-methyl/N-ethyl adjacent to an activating group) is 1. The Hall–Kier alpha value is -2.52. The van der Waals surface area contributed by atoms with Gasteiger partial charge in [-0.25, -0.2) is 0 Å². The fourth-order valence-corrected chi connectivity index (χ4v) is 4.26. The molecule has 4 rings (SSSR count). The molecule has 2 heterocycles. The smallest absolute Gasteiger partial charge is 0.236 e. The fraction of sp³-hybridized carbons (Fsp3) is 0.476. The third-order valence-electron chi connectivity index (χ3n) is 5.23. The molecule has 9 heteroatoms. The summed E-state index contributed by atoms with van der Waals surface area (Å²) < 4.78 is 11.2. The zero-order chi connectivity index (χ0) is 21.1. The predicted octanol–water partition coefficient (Wildman–Crippen LogP) is 2.75. The number of piperazine rings is 1. The Morgan fingerprint density at radius 2 is 1.77 bits per heavy atom. The number of anilines is 2. The Kier molecular flexibility index (Phi) is 6.29. The second kappa shape index (κ2) is 9.09. The van der Waals surface area contributed by atoms with E-state index >= 15 is 0 Å². The van der Waals surface area contributed by atoms with Crippen molar-refractivity contribution in [3.63, 3.8) is 0 Å². The molecule has 1 aliphatic carbocycles. The summed E-state index contributed by atoms with van der Waals surface area (Å²) in [6.07, 6.45) is 1.96. The summed E-state index contributed by atoms with van der Waals surface area (Å²) in [5.41, 5.74) is 0.782. The topological polar surface area (TPSA) is 79.8 Å². The van der Waals surface area contributed by atoms with Crippen LogP contribution in [0, 0.1) is 5.92 Å². The molecular formula is C21H27N5O3S. The molecule has 30 heavy (non-hydrogen) atoms. The highest BCUT2D eigenvalue weighted by Gasteiger charge is 2.29. The minimum atomic E-state index is 0.0900. The summed E-state index contributed by atoms with van der Waals surface area (Å²) in [5.74, 6) is 1.83. The lowest BCUT2D eigenvalue weighted by atomic mass is 10.3. The van der Waals surface area contributed by atoms with Gasteiger partial charge in [-0.15, -0.1) is 0 Å². The zero-order valence-corrected chi connectivity index (χ0v) is 18.4. The van der Waals surface area contributed by atoms with Crippen LogP contribution in [0.25, 0.3) is 0 Å². The van der Waals surface area contributed by atoms with Crippen LogP contribution in [0.5, 0.6) is 11.8 Å². The van der Waals surface area contributed by atoms with Crippen LogP contribution in [0.3, 0.4) is 0 Å². The maximum atomic E-state index is 12.1. The molecule has 1 amide bonds. The number of nitrogens with one attached hydrogen (secondary N) is 1. The van der Waals surface area contributed by atoms with E-state index in [0.717, 1.165) is 49.6 Å². The van der Waals surface area contributed by atoms with Gasteiger partial charge in [-0.2, -0.15) is 9.97 Å². The van der Waals surface area contributed by atoms with Crippen molar-refractivity contribution in [2.45, 2.75) is 22.6 Å². The van der Waals surface area contributed by atoms with Gasteiger partial charge in [0.05, 0.1) is 14.2 Å². The fourth-order valence-electron chi connectivity index (χ4n) is 3.26. The molecular weight excluding hydrogens is 402 g/mol. The van der Waals surface area contributed by atoms with Crippen LogP contribution < -0.4 is 19.7 Å². The van der Waals surface area contributed by atoms with Gasteiger partial charge < -0.3 is 24.6 Å². The second-order valence-corrected chi connectivity index (χ2v) is 8.64. The first-order valence-corrected chi connectivity index (χ1v) is 10.9. The highest BCUT2D eigenvalue weighted by Crippen LogP contribution is 2.41. The molecule has 1 saturated carbocycles. The number of hydrogen-bond donors (Lipinski definition) is 1. The molecule has 1 saturated heterocycles. The molecule has 0 atom stereocenters. The van der Waals surface area contributed by atoms with Crippen LogP contribution in [0.15, 0.2) is 34.1 Å². The molecule has 1 aromatic carbocycles. The lowest BCUT2D eigenvalue weighted by Crippen LogP contribution is -2.45. The molecule has 1 N–H and O–H groups in total. The van der Waals surface area contributed by atoms with E-state index < -0.39 is 0 Å². The number of aromatic nitrogens is 2. The van der Waals surface area contributed by atoms with E-state index in [1.54, 1.807) is 14.2 Å². The third kappa shape index (κ3) is 4.79. The molecule has 0 spiro atoms. The minimum Gasteiger partial charge on any atom is -0.480 e. The van der Waals surface area contributed by atoms with E-state index in [9.17, 15) is 4.79 Å². The Bertz CT molecular complexity index is 888. The van der Waals surface area contributed by atoms with Crippen LogP contribution in [0.1, 0.15) is 12.8 Å². The van der Waals surface area contributed by atoms with Crippen molar-refractivity contribution in [3.8, 4) is 11.8 Å². The number of amides is 1. The molecule has 2 aromatic rings. The molecule has 0 bridgehead atoms. The molecule has 0 radical (unpaired) electrons. The predicted molar refractivity (Wildman–Crippen MR) is 117 cm³/mol. The van der Waals surface area contributed by atoms with Gasteiger partial charge in [0, 0.05) is 42.7 Å². The largest absolute Gasteiger partial charge is 0.480 e. The highest BCUT2D eigenvalue weighted by molar-refractivity contribution is 7.99. The first-order chi connectivity index (χ1) is 14.6. The first kappa shape index (κ1) is 20.7. The molecule has 8 nitrogen and oxygen atoms in total. The van der Waals surface area contributed by atoms with Crippen molar-refractivity contribution in [2.75, 3.05) is 57.7 Å². The van der Waals surface area contributed by atoms with Gasteiger partial charge in [-0.1, -0.05) is 17.8 Å². The molecule has 160 valence electrons. The van der Waals surface area contributed by atoms with Crippen molar-refractivity contribution >= 4 is 29.3 Å². The van der Waals surface area contributed by atoms with Crippen LogP contribution in [0.4, 0.5) is 11.6 Å². The number of rotatable bonds is 7. The Labute approximate surface area is 181 Å². The van der Waals surface area contributed by atoms with Crippen molar-refractivity contribution in [3.05, 3.63) is 24.3 Å². The highest BCUT2D eigenvalue weighted by atomic mass is 32.2. The number of carbonyl (C=O) groups is 1. The Morgan fingerprint density at radius 1 is 1.10 bits per heavy atom. The number of nitrogens with zero attached hydrogens (tertiary/aromatic N) is 4. The van der Waals surface area contributed by atoms with E-state index in [4.69, 9.17) is 9.47 Å². The standard InChI is InChI=1S/C21H27N5O3S/c1-25-9-11-26(12-10-25)21-23-19(28-2)17(20(24-21)29-3)30-16-6-4-5-15(13-16)22-18(27)14-7-8-14/h4-6,13-14H,7-12H2,1-3H3,(H,22,27). The first-order valence-electron chi connectivity index (χ1n) is 10.1. The summed E-state index contributed by atoms with van der Waals surface area (Å²) in [4.78, 5) is 27.4. The van der Waals surface area contributed by atoms with Crippen molar-refractivity contribution in [1.29, 1.82) is 0 Å². The average Bonchev–Trinajstić information content (AvgIpc) is 3.60. The van der Waals surface area contributed by atoms with Crippen LogP contribution >= 0.6 is 11.8 Å². The van der Waals surface area contributed by atoms with Crippen molar-refractivity contribution in [2.24, 2.45) is 5.92 Å². The third-order valence-corrected chi connectivity index (χ3v) is 6.28. The summed E-state index contributed by atoms with van der Waals surface area (Å²) in [7, 11) is 5.32. The monoisotopic (exact) mass is 429 g/mol. The number of benzene rings is 1. The van der Waals surface area contributed by atoms with E-state index in [-0.39, 0.29) is 11.8 Å². The van der Waals surface area contributed by atoms with E-state index in [1.165, 1.54) is 11.8 Å².